The molecule has 0 aliphatic heterocycles. The van der Waals surface area contributed by atoms with E-state index in [-0.39, 0.29) is 17.2 Å². The van der Waals surface area contributed by atoms with Crippen LogP contribution in [0.3, 0.4) is 0 Å². The summed E-state index contributed by atoms with van der Waals surface area (Å²) in [7, 11) is -3.19. The van der Waals surface area contributed by atoms with E-state index in [0.29, 0.717) is 12.8 Å². The molecule has 2 N–H and O–H groups in total. The predicted octanol–water partition coefficient (Wildman–Crippen LogP) is 0.958. The Kier molecular flexibility index (Phi) is 3.45. The van der Waals surface area contributed by atoms with E-state index in [1.807, 2.05) is 6.92 Å². The first-order valence-electron chi connectivity index (χ1n) is 6.18. The van der Waals surface area contributed by atoms with Crippen LogP contribution in [-0.4, -0.2) is 30.8 Å². The van der Waals surface area contributed by atoms with E-state index in [2.05, 4.69) is 4.72 Å². The van der Waals surface area contributed by atoms with Crippen molar-refractivity contribution in [3.05, 3.63) is 0 Å². The number of carboxylic acids is 1. The van der Waals surface area contributed by atoms with Gasteiger partial charge in [-0.15, -0.1) is 0 Å². The Morgan fingerprint density at radius 2 is 2.00 bits per heavy atom. The van der Waals surface area contributed by atoms with Crippen molar-refractivity contribution in [2.75, 3.05) is 0 Å². The molecule has 2 saturated carbocycles. The third-order valence-electron chi connectivity index (χ3n) is 3.83. The second kappa shape index (κ2) is 4.57. The lowest BCUT2D eigenvalue weighted by molar-refractivity contribution is -0.143. The minimum Gasteiger partial charge on any atom is -0.481 e. The fourth-order valence-corrected chi connectivity index (χ4v) is 4.29. The number of rotatable bonds is 5. The summed E-state index contributed by atoms with van der Waals surface area (Å²) in [6.07, 6.45) is 3.35. The van der Waals surface area contributed by atoms with Gasteiger partial charge in [-0.25, -0.2) is 13.1 Å². The molecule has 0 amide bonds. The van der Waals surface area contributed by atoms with Crippen LogP contribution in [0.5, 0.6) is 0 Å². The van der Waals surface area contributed by atoms with Crippen LogP contribution in [0.15, 0.2) is 0 Å². The molecule has 98 valence electrons. The minimum atomic E-state index is -3.19. The molecule has 1 unspecified atom stereocenters. The molecule has 0 aromatic carbocycles. The van der Waals surface area contributed by atoms with Crippen molar-refractivity contribution in [2.45, 2.75) is 50.3 Å². The highest BCUT2D eigenvalue weighted by atomic mass is 32.2. The van der Waals surface area contributed by atoms with Gasteiger partial charge in [-0.05, 0) is 31.6 Å². The summed E-state index contributed by atoms with van der Waals surface area (Å²) in [5.74, 6) is -1.10. The molecule has 2 aliphatic rings. The molecular weight excluding hydrogens is 242 g/mol. The average Bonchev–Trinajstić information content (AvgIpc) is 3.01. The van der Waals surface area contributed by atoms with E-state index in [1.165, 1.54) is 0 Å². The van der Waals surface area contributed by atoms with E-state index in [1.54, 1.807) is 0 Å². The second-order valence-electron chi connectivity index (χ2n) is 5.14. The van der Waals surface area contributed by atoms with Crippen LogP contribution >= 0.6 is 0 Å². The number of nitrogens with one attached hydrogen (secondary N) is 1. The summed E-state index contributed by atoms with van der Waals surface area (Å²) < 4.78 is 26.2. The molecule has 0 aromatic rings. The molecule has 3 atom stereocenters. The van der Waals surface area contributed by atoms with Crippen LogP contribution in [0, 0.1) is 11.8 Å². The highest BCUT2D eigenvalue weighted by molar-refractivity contribution is 7.90. The van der Waals surface area contributed by atoms with Crippen molar-refractivity contribution in [3.8, 4) is 0 Å². The Morgan fingerprint density at radius 3 is 2.41 bits per heavy atom. The lowest BCUT2D eigenvalue weighted by atomic mass is 9.94. The predicted molar refractivity (Wildman–Crippen MR) is 63.0 cm³/mol. The third kappa shape index (κ3) is 2.80. The van der Waals surface area contributed by atoms with Gasteiger partial charge in [-0.3, -0.25) is 4.79 Å². The van der Waals surface area contributed by atoms with E-state index in [4.69, 9.17) is 5.11 Å². The van der Waals surface area contributed by atoms with E-state index < -0.39 is 21.9 Å². The van der Waals surface area contributed by atoms with E-state index in [0.717, 1.165) is 19.3 Å². The Balaban J connectivity index is 1.98. The van der Waals surface area contributed by atoms with Crippen LogP contribution < -0.4 is 4.72 Å². The SMILES string of the molecule is CC[C@@H]1C[C@H](NS(=O)(=O)C2CC2)CC1C(=O)O. The molecule has 0 radical (unpaired) electrons. The lowest BCUT2D eigenvalue weighted by Crippen LogP contribution is -2.35. The van der Waals surface area contributed by atoms with Crippen LogP contribution in [0.25, 0.3) is 0 Å². The maximum atomic E-state index is 11.8. The largest absolute Gasteiger partial charge is 0.481 e. The number of carboxylic acid groups (broad SMARTS) is 1. The molecule has 6 heteroatoms. The van der Waals surface area contributed by atoms with Crippen molar-refractivity contribution in [1.82, 2.24) is 4.72 Å². The van der Waals surface area contributed by atoms with Gasteiger partial charge in [0.1, 0.15) is 0 Å². The zero-order valence-electron chi connectivity index (χ0n) is 9.93. The van der Waals surface area contributed by atoms with Crippen molar-refractivity contribution in [1.29, 1.82) is 0 Å². The van der Waals surface area contributed by atoms with Crippen molar-refractivity contribution >= 4 is 16.0 Å². The van der Waals surface area contributed by atoms with Gasteiger partial charge in [0.2, 0.25) is 10.0 Å². The van der Waals surface area contributed by atoms with Crippen LogP contribution in [0.4, 0.5) is 0 Å². The minimum absolute atomic E-state index is 0.0967. The smallest absolute Gasteiger partial charge is 0.306 e. The van der Waals surface area contributed by atoms with E-state index in [9.17, 15) is 13.2 Å². The number of carbonyl (C=O) groups is 1. The molecule has 0 spiro atoms. The molecule has 2 rings (SSSR count). The fraction of sp³-hybridized carbons (Fsp3) is 0.909. The maximum absolute atomic E-state index is 11.8. The number of sulfonamides is 1. The van der Waals surface area contributed by atoms with Gasteiger partial charge in [0, 0.05) is 6.04 Å². The fourth-order valence-electron chi connectivity index (χ4n) is 2.68. The first-order chi connectivity index (χ1) is 7.94. The summed E-state index contributed by atoms with van der Waals surface area (Å²) in [5.41, 5.74) is 0. The van der Waals surface area contributed by atoms with Gasteiger partial charge in [0.05, 0.1) is 11.2 Å². The molecule has 0 aromatic heterocycles. The van der Waals surface area contributed by atoms with Gasteiger partial charge < -0.3 is 5.11 Å². The van der Waals surface area contributed by atoms with Gasteiger partial charge in [-0.1, -0.05) is 13.3 Å². The van der Waals surface area contributed by atoms with Crippen molar-refractivity contribution in [3.63, 3.8) is 0 Å². The highest BCUT2D eigenvalue weighted by Gasteiger charge is 2.42. The standard InChI is InChI=1S/C11H19NO4S/c1-2-7-5-8(6-10(7)11(13)14)12-17(15,16)9-3-4-9/h7-10,12H,2-6H2,1H3,(H,13,14)/t7-,8+,10?/m1/s1. The van der Waals surface area contributed by atoms with Gasteiger partial charge >= 0.3 is 5.97 Å². The second-order valence-corrected chi connectivity index (χ2v) is 7.14. The van der Waals surface area contributed by atoms with Crippen LogP contribution in [-0.2, 0) is 14.8 Å². The molecular formula is C11H19NO4S. The summed E-state index contributed by atoms with van der Waals surface area (Å²) in [6.45, 7) is 1.96. The topological polar surface area (TPSA) is 83.5 Å². The van der Waals surface area contributed by atoms with Gasteiger partial charge in [0.15, 0.2) is 0 Å². The highest BCUT2D eigenvalue weighted by Crippen LogP contribution is 2.36. The Hall–Kier alpha value is -0.620. The van der Waals surface area contributed by atoms with Gasteiger partial charge in [0.25, 0.3) is 0 Å². The molecule has 2 aliphatic carbocycles. The molecule has 17 heavy (non-hydrogen) atoms. The average molecular weight is 261 g/mol. The van der Waals surface area contributed by atoms with Crippen LogP contribution in [0.2, 0.25) is 0 Å². The van der Waals surface area contributed by atoms with Crippen molar-refractivity contribution < 1.29 is 18.3 Å². The van der Waals surface area contributed by atoms with Crippen molar-refractivity contribution in [2.24, 2.45) is 11.8 Å². The zero-order valence-corrected chi connectivity index (χ0v) is 10.7. The molecule has 5 nitrogen and oxygen atoms in total. The lowest BCUT2D eigenvalue weighted by Gasteiger charge is -2.12. The van der Waals surface area contributed by atoms with E-state index >= 15 is 0 Å². The number of hydrogen-bond donors (Lipinski definition) is 2. The molecule has 2 fully saturated rings. The Morgan fingerprint density at radius 1 is 1.35 bits per heavy atom. The summed E-state index contributed by atoms with van der Waals surface area (Å²) in [5, 5.41) is 8.85. The Labute approximate surface area is 102 Å². The zero-order chi connectivity index (χ0) is 12.6. The quantitative estimate of drug-likeness (QED) is 0.772. The first kappa shape index (κ1) is 12.8. The summed E-state index contributed by atoms with van der Waals surface area (Å²) in [4.78, 5) is 11.1. The number of aliphatic carboxylic acids is 1. The summed E-state index contributed by atoms with van der Waals surface area (Å²) in [6, 6.07) is -0.188. The molecule has 0 saturated heterocycles. The summed E-state index contributed by atoms with van der Waals surface area (Å²) >= 11 is 0. The molecule has 0 heterocycles. The first-order valence-corrected chi connectivity index (χ1v) is 7.72. The third-order valence-corrected chi connectivity index (χ3v) is 5.84. The maximum Gasteiger partial charge on any atom is 0.306 e. The monoisotopic (exact) mass is 261 g/mol. The molecule has 0 bridgehead atoms. The number of hydrogen-bond acceptors (Lipinski definition) is 3. The van der Waals surface area contributed by atoms with Gasteiger partial charge in [-0.2, -0.15) is 0 Å². The van der Waals surface area contributed by atoms with Crippen LogP contribution in [0.1, 0.15) is 39.0 Å². The normalized spacial score (nSPS) is 33.8. The Bertz CT molecular complexity index is 402.